The summed E-state index contributed by atoms with van der Waals surface area (Å²) in [4.78, 5) is 24.1. The molecule has 0 saturated heterocycles. The Morgan fingerprint density at radius 3 is 1.48 bits per heavy atom. The minimum atomic E-state index is -1.20. The molecular weight excluding hydrogens is 292 g/mol. The quantitative estimate of drug-likeness (QED) is 0.432. The number of ether oxygens (including phenoxy) is 1. The van der Waals surface area contributed by atoms with E-state index < -0.39 is 11.4 Å². The number of allylic oxidation sites excluding steroid dienone is 2. The van der Waals surface area contributed by atoms with Gasteiger partial charge in [-0.05, 0) is 43.8 Å². The van der Waals surface area contributed by atoms with Crippen LogP contribution in [0.3, 0.4) is 0 Å². The first-order chi connectivity index (χ1) is 10.1. The molecule has 0 fully saturated rings. The fraction of sp³-hybridized carbons (Fsp3) is 0.737. The van der Waals surface area contributed by atoms with Gasteiger partial charge in [-0.15, -0.1) is 0 Å². The van der Waals surface area contributed by atoms with Gasteiger partial charge in [0, 0.05) is 18.3 Å². The number of Topliss-reactive ketones (excluding diaryl/α,β-unsaturated/α-hetero) is 1. The molecule has 0 aromatic heterocycles. The van der Waals surface area contributed by atoms with Crippen LogP contribution in [0.5, 0.6) is 0 Å². The molecule has 0 aliphatic heterocycles. The fourth-order valence-electron chi connectivity index (χ4n) is 2.22. The van der Waals surface area contributed by atoms with Gasteiger partial charge >= 0.3 is 0 Å². The molecule has 0 spiro atoms. The SMILES string of the molecule is COC1(OOC(C)(C)C)C=C(C(C)(C)C)C(=O)C(C(C)(C)C)=C1. The van der Waals surface area contributed by atoms with Crippen molar-refractivity contribution in [1.82, 2.24) is 0 Å². The molecule has 0 bridgehead atoms. The smallest absolute Gasteiger partial charge is 0.241 e. The maximum absolute atomic E-state index is 12.9. The van der Waals surface area contributed by atoms with Crippen LogP contribution in [0.1, 0.15) is 62.3 Å². The molecular formula is C19H32O4. The molecule has 0 N–H and O–H groups in total. The van der Waals surface area contributed by atoms with Gasteiger partial charge in [0.25, 0.3) is 0 Å². The molecule has 0 saturated carbocycles. The Morgan fingerprint density at radius 1 is 0.826 bits per heavy atom. The maximum Gasteiger partial charge on any atom is 0.241 e. The van der Waals surface area contributed by atoms with Crippen molar-refractivity contribution < 1.29 is 19.3 Å². The molecule has 0 radical (unpaired) electrons. The Bertz CT molecular complexity index is 485. The second kappa shape index (κ2) is 6.15. The van der Waals surface area contributed by atoms with Gasteiger partial charge < -0.3 is 4.74 Å². The lowest BCUT2D eigenvalue weighted by Crippen LogP contribution is -2.41. The summed E-state index contributed by atoms with van der Waals surface area (Å²) in [7, 11) is 1.55. The molecule has 1 aliphatic carbocycles. The van der Waals surface area contributed by atoms with Crippen LogP contribution in [0, 0.1) is 10.8 Å². The third-order valence-corrected chi connectivity index (χ3v) is 3.54. The minimum absolute atomic E-state index is 0.0389. The van der Waals surface area contributed by atoms with Crippen molar-refractivity contribution in [3.63, 3.8) is 0 Å². The van der Waals surface area contributed by atoms with Crippen molar-refractivity contribution in [2.75, 3.05) is 7.11 Å². The van der Waals surface area contributed by atoms with Gasteiger partial charge in [-0.3, -0.25) is 4.79 Å². The second-order valence-corrected chi connectivity index (χ2v) is 9.15. The van der Waals surface area contributed by atoms with Crippen molar-refractivity contribution in [2.24, 2.45) is 10.8 Å². The highest BCUT2D eigenvalue weighted by atomic mass is 17.2. The van der Waals surface area contributed by atoms with E-state index in [4.69, 9.17) is 14.5 Å². The maximum atomic E-state index is 12.9. The molecule has 1 aliphatic rings. The molecule has 0 aromatic rings. The highest BCUT2D eigenvalue weighted by Crippen LogP contribution is 2.41. The Kier molecular flexibility index (Phi) is 5.37. The van der Waals surface area contributed by atoms with Crippen LogP contribution in [0.2, 0.25) is 0 Å². The Labute approximate surface area is 140 Å². The van der Waals surface area contributed by atoms with E-state index in [1.165, 1.54) is 0 Å². The average Bonchev–Trinajstić information content (AvgIpc) is 2.34. The zero-order valence-corrected chi connectivity index (χ0v) is 16.3. The molecule has 4 heteroatoms. The molecule has 0 atom stereocenters. The summed E-state index contributed by atoms with van der Waals surface area (Å²) >= 11 is 0. The van der Waals surface area contributed by atoms with Gasteiger partial charge in [-0.2, -0.15) is 4.89 Å². The Balaban J connectivity index is 3.43. The zero-order chi connectivity index (χ0) is 18.3. The predicted molar refractivity (Wildman–Crippen MR) is 91.7 cm³/mol. The molecule has 4 nitrogen and oxygen atoms in total. The van der Waals surface area contributed by atoms with E-state index in [9.17, 15) is 4.79 Å². The van der Waals surface area contributed by atoms with E-state index in [-0.39, 0.29) is 16.6 Å². The van der Waals surface area contributed by atoms with Crippen molar-refractivity contribution >= 4 is 5.78 Å². The average molecular weight is 324 g/mol. The van der Waals surface area contributed by atoms with Crippen LogP contribution in [-0.4, -0.2) is 24.3 Å². The van der Waals surface area contributed by atoms with Gasteiger partial charge in [0.1, 0.15) is 0 Å². The van der Waals surface area contributed by atoms with Crippen LogP contribution in [-0.2, 0) is 19.3 Å². The molecule has 132 valence electrons. The van der Waals surface area contributed by atoms with Crippen LogP contribution >= 0.6 is 0 Å². The van der Waals surface area contributed by atoms with Crippen molar-refractivity contribution in [2.45, 2.75) is 73.7 Å². The van der Waals surface area contributed by atoms with E-state index in [2.05, 4.69) is 0 Å². The normalized spacial score (nSPS) is 19.5. The van der Waals surface area contributed by atoms with Crippen LogP contribution < -0.4 is 0 Å². The Hall–Kier alpha value is -0.970. The number of ketones is 1. The summed E-state index contributed by atoms with van der Waals surface area (Å²) in [5.74, 6) is -1.16. The molecule has 0 unspecified atom stereocenters. The molecule has 0 amide bonds. The third-order valence-electron chi connectivity index (χ3n) is 3.54. The van der Waals surface area contributed by atoms with Crippen molar-refractivity contribution in [3.8, 4) is 0 Å². The van der Waals surface area contributed by atoms with Gasteiger partial charge in [0.2, 0.25) is 5.79 Å². The lowest BCUT2D eigenvalue weighted by Gasteiger charge is -2.38. The van der Waals surface area contributed by atoms with E-state index in [1.807, 2.05) is 62.3 Å². The van der Waals surface area contributed by atoms with E-state index >= 15 is 0 Å². The Morgan fingerprint density at radius 2 is 1.22 bits per heavy atom. The van der Waals surface area contributed by atoms with E-state index in [0.29, 0.717) is 11.1 Å². The lowest BCUT2D eigenvalue weighted by molar-refractivity contribution is -0.428. The molecule has 0 heterocycles. The summed E-state index contributed by atoms with van der Waals surface area (Å²) in [6, 6.07) is 0. The topological polar surface area (TPSA) is 44.8 Å². The minimum Gasteiger partial charge on any atom is -0.344 e. The van der Waals surface area contributed by atoms with Gasteiger partial charge in [0.15, 0.2) is 5.78 Å². The number of hydrogen-bond donors (Lipinski definition) is 0. The first-order valence-corrected chi connectivity index (χ1v) is 8.05. The lowest BCUT2D eigenvalue weighted by atomic mass is 9.71. The molecule has 1 rings (SSSR count). The predicted octanol–water partition coefficient (Wildman–Crippen LogP) is 4.60. The van der Waals surface area contributed by atoms with Crippen LogP contribution in [0.15, 0.2) is 23.3 Å². The highest BCUT2D eigenvalue weighted by Gasteiger charge is 2.43. The molecule has 23 heavy (non-hydrogen) atoms. The summed E-state index contributed by atoms with van der Waals surface area (Å²) in [6.07, 6.45) is 3.46. The second-order valence-electron chi connectivity index (χ2n) is 9.15. The van der Waals surface area contributed by atoms with Gasteiger partial charge in [-0.1, -0.05) is 41.5 Å². The monoisotopic (exact) mass is 324 g/mol. The number of hydrogen-bond acceptors (Lipinski definition) is 4. The highest BCUT2D eigenvalue weighted by molar-refractivity contribution is 6.11. The number of methoxy groups -OCH3 is 1. The van der Waals surface area contributed by atoms with Gasteiger partial charge in [0.05, 0.1) is 5.60 Å². The largest absolute Gasteiger partial charge is 0.344 e. The summed E-state index contributed by atoms with van der Waals surface area (Å²) in [5, 5.41) is 0. The van der Waals surface area contributed by atoms with E-state index in [0.717, 1.165) is 0 Å². The zero-order valence-electron chi connectivity index (χ0n) is 16.3. The summed E-state index contributed by atoms with van der Waals surface area (Å²) < 4.78 is 5.62. The first-order valence-electron chi connectivity index (χ1n) is 8.05. The van der Waals surface area contributed by atoms with Crippen LogP contribution in [0.25, 0.3) is 0 Å². The fourth-order valence-corrected chi connectivity index (χ4v) is 2.22. The van der Waals surface area contributed by atoms with Crippen molar-refractivity contribution in [3.05, 3.63) is 23.3 Å². The van der Waals surface area contributed by atoms with Crippen LogP contribution in [0.4, 0.5) is 0 Å². The number of carbonyl (C=O) groups excluding carboxylic acids is 1. The van der Waals surface area contributed by atoms with Gasteiger partial charge in [-0.25, -0.2) is 4.89 Å². The molecule has 0 aromatic carbocycles. The summed E-state index contributed by atoms with van der Waals surface area (Å²) in [6.45, 7) is 17.7. The summed E-state index contributed by atoms with van der Waals surface area (Å²) in [5.41, 5.74) is 0.208. The standard InChI is InChI=1S/C19H32O4/c1-16(2,3)13-11-19(21-10,23-22-18(7,8)9)12-14(15(13)20)17(4,5)6/h11-12H,1-10H3. The first kappa shape index (κ1) is 20.1. The number of rotatable bonds is 3. The van der Waals surface area contributed by atoms with Crippen molar-refractivity contribution in [1.29, 1.82) is 0 Å². The number of carbonyl (C=O) groups is 1. The van der Waals surface area contributed by atoms with E-state index in [1.54, 1.807) is 19.3 Å². The third kappa shape index (κ3) is 5.00.